The standard InChI is InChI=1S/C20H26O3/c1-14-15(2)20(21)23-18(14)19(17-11-7-4-8-12-17)22-13-16-9-5-3-6-10-16/h3,5-6,9-10,14,17-19H,2,4,7-8,11-13H2,1H3/t14-,18+,19?/m1/s1. The summed E-state index contributed by atoms with van der Waals surface area (Å²) in [5.41, 5.74) is 1.74. The molecule has 0 spiro atoms. The monoisotopic (exact) mass is 314 g/mol. The molecule has 1 saturated heterocycles. The first-order valence-corrected chi connectivity index (χ1v) is 8.72. The van der Waals surface area contributed by atoms with Gasteiger partial charge in [0.2, 0.25) is 0 Å². The van der Waals surface area contributed by atoms with Gasteiger partial charge in [0.05, 0.1) is 12.7 Å². The summed E-state index contributed by atoms with van der Waals surface area (Å²) in [5.74, 6) is 0.246. The van der Waals surface area contributed by atoms with Crippen molar-refractivity contribution in [3.63, 3.8) is 0 Å². The number of ether oxygens (including phenoxy) is 2. The lowest BCUT2D eigenvalue weighted by Gasteiger charge is -2.34. The molecule has 1 aromatic carbocycles. The fourth-order valence-corrected chi connectivity index (χ4v) is 3.77. The number of carbonyl (C=O) groups excluding carboxylic acids is 1. The normalized spacial score (nSPS) is 27.0. The van der Waals surface area contributed by atoms with Gasteiger partial charge in [-0.25, -0.2) is 4.79 Å². The zero-order valence-electron chi connectivity index (χ0n) is 13.9. The Morgan fingerprint density at radius 2 is 1.91 bits per heavy atom. The molecule has 1 saturated carbocycles. The number of esters is 1. The minimum absolute atomic E-state index is 0.0326. The molecule has 1 unspecified atom stereocenters. The smallest absolute Gasteiger partial charge is 0.334 e. The molecule has 23 heavy (non-hydrogen) atoms. The first-order valence-electron chi connectivity index (χ1n) is 8.72. The van der Waals surface area contributed by atoms with Crippen LogP contribution in [0, 0.1) is 11.8 Å². The summed E-state index contributed by atoms with van der Waals surface area (Å²) in [4.78, 5) is 11.9. The van der Waals surface area contributed by atoms with E-state index in [0.29, 0.717) is 18.1 Å². The highest BCUT2D eigenvalue weighted by atomic mass is 16.6. The summed E-state index contributed by atoms with van der Waals surface area (Å²) in [6, 6.07) is 10.2. The van der Waals surface area contributed by atoms with Crippen molar-refractivity contribution in [2.75, 3.05) is 0 Å². The van der Waals surface area contributed by atoms with Crippen LogP contribution in [0.2, 0.25) is 0 Å². The Balaban J connectivity index is 1.73. The van der Waals surface area contributed by atoms with E-state index in [2.05, 4.69) is 18.7 Å². The number of carbonyl (C=O) groups is 1. The second-order valence-corrected chi connectivity index (χ2v) is 6.84. The molecule has 0 N–H and O–H groups in total. The molecular weight excluding hydrogens is 288 g/mol. The minimum Gasteiger partial charge on any atom is -0.456 e. The molecule has 3 rings (SSSR count). The van der Waals surface area contributed by atoms with Crippen molar-refractivity contribution >= 4 is 5.97 Å². The van der Waals surface area contributed by atoms with Gasteiger partial charge < -0.3 is 9.47 Å². The van der Waals surface area contributed by atoms with Crippen LogP contribution in [-0.4, -0.2) is 18.2 Å². The van der Waals surface area contributed by atoms with Crippen LogP contribution < -0.4 is 0 Å². The van der Waals surface area contributed by atoms with E-state index in [0.717, 1.165) is 18.4 Å². The van der Waals surface area contributed by atoms with Crippen LogP contribution in [0.5, 0.6) is 0 Å². The molecule has 1 aliphatic carbocycles. The van der Waals surface area contributed by atoms with Crippen LogP contribution in [0.3, 0.4) is 0 Å². The third-order valence-corrected chi connectivity index (χ3v) is 5.27. The van der Waals surface area contributed by atoms with Crippen LogP contribution in [-0.2, 0) is 20.9 Å². The minimum atomic E-state index is -0.258. The van der Waals surface area contributed by atoms with Gasteiger partial charge >= 0.3 is 5.97 Å². The maximum absolute atomic E-state index is 11.9. The Kier molecular flexibility index (Phi) is 5.16. The van der Waals surface area contributed by atoms with E-state index in [9.17, 15) is 4.79 Å². The molecule has 0 amide bonds. The van der Waals surface area contributed by atoms with Crippen LogP contribution >= 0.6 is 0 Å². The van der Waals surface area contributed by atoms with Crippen molar-refractivity contribution in [2.24, 2.45) is 11.8 Å². The van der Waals surface area contributed by atoms with Gasteiger partial charge in [-0.1, -0.05) is 63.1 Å². The van der Waals surface area contributed by atoms with Gasteiger partial charge in [-0.15, -0.1) is 0 Å². The van der Waals surface area contributed by atoms with Gasteiger partial charge in [0.1, 0.15) is 6.10 Å². The second-order valence-electron chi connectivity index (χ2n) is 6.84. The van der Waals surface area contributed by atoms with Crippen molar-refractivity contribution in [1.29, 1.82) is 0 Å². The first kappa shape index (κ1) is 16.3. The quantitative estimate of drug-likeness (QED) is 0.601. The van der Waals surface area contributed by atoms with Gasteiger partial charge in [0, 0.05) is 11.5 Å². The fourth-order valence-electron chi connectivity index (χ4n) is 3.77. The lowest BCUT2D eigenvalue weighted by Crippen LogP contribution is -2.40. The number of hydrogen-bond acceptors (Lipinski definition) is 3. The predicted molar refractivity (Wildman–Crippen MR) is 89.8 cm³/mol. The van der Waals surface area contributed by atoms with E-state index in [4.69, 9.17) is 9.47 Å². The SMILES string of the molecule is C=C1C(=O)O[C@H](C(OCc2ccccc2)C2CCCCC2)[C@@H]1C. The van der Waals surface area contributed by atoms with Gasteiger partial charge in [-0.2, -0.15) is 0 Å². The molecule has 1 aromatic rings. The highest BCUT2D eigenvalue weighted by Gasteiger charge is 2.44. The Morgan fingerprint density at radius 3 is 2.52 bits per heavy atom. The van der Waals surface area contributed by atoms with Crippen molar-refractivity contribution in [1.82, 2.24) is 0 Å². The summed E-state index contributed by atoms with van der Waals surface area (Å²) in [7, 11) is 0. The van der Waals surface area contributed by atoms with E-state index >= 15 is 0 Å². The van der Waals surface area contributed by atoms with Gasteiger partial charge in [-0.3, -0.25) is 0 Å². The van der Waals surface area contributed by atoms with Crippen LogP contribution in [0.4, 0.5) is 0 Å². The predicted octanol–water partition coefficient (Wildman–Crippen LogP) is 4.27. The third kappa shape index (κ3) is 3.66. The highest BCUT2D eigenvalue weighted by molar-refractivity contribution is 5.90. The summed E-state index contributed by atoms with van der Waals surface area (Å²) in [6.45, 7) is 6.47. The molecule has 0 radical (unpaired) electrons. The van der Waals surface area contributed by atoms with Crippen LogP contribution in [0.25, 0.3) is 0 Å². The third-order valence-electron chi connectivity index (χ3n) is 5.27. The molecule has 0 bridgehead atoms. The molecule has 3 nitrogen and oxygen atoms in total. The molecule has 124 valence electrons. The molecule has 0 aromatic heterocycles. The molecule has 1 heterocycles. The lowest BCUT2D eigenvalue weighted by atomic mass is 9.80. The Morgan fingerprint density at radius 1 is 1.22 bits per heavy atom. The number of hydrogen-bond donors (Lipinski definition) is 0. The molecule has 2 aliphatic rings. The maximum atomic E-state index is 11.9. The second kappa shape index (κ2) is 7.31. The molecule has 1 aliphatic heterocycles. The Bertz CT molecular complexity index is 545. The summed E-state index contributed by atoms with van der Waals surface area (Å²) in [5, 5.41) is 0. The Hall–Kier alpha value is -1.61. The van der Waals surface area contributed by atoms with Crippen molar-refractivity contribution < 1.29 is 14.3 Å². The van der Waals surface area contributed by atoms with Gasteiger partial charge in [0.25, 0.3) is 0 Å². The van der Waals surface area contributed by atoms with Crippen LogP contribution in [0.15, 0.2) is 42.5 Å². The molecular formula is C20H26O3. The maximum Gasteiger partial charge on any atom is 0.334 e. The average Bonchev–Trinajstić information content (AvgIpc) is 2.85. The highest BCUT2D eigenvalue weighted by Crippen LogP contribution is 2.37. The van der Waals surface area contributed by atoms with Gasteiger partial charge in [0.15, 0.2) is 0 Å². The van der Waals surface area contributed by atoms with E-state index in [1.165, 1.54) is 19.3 Å². The molecule has 3 atom stereocenters. The van der Waals surface area contributed by atoms with E-state index in [1.807, 2.05) is 25.1 Å². The number of benzene rings is 1. The van der Waals surface area contributed by atoms with E-state index in [-0.39, 0.29) is 24.1 Å². The topological polar surface area (TPSA) is 35.5 Å². The zero-order valence-corrected chi connectivity index (χ0v) is 13.9. The Labute approximate surface area is 138 Å². The molecule has 3 heteroatoms. The number of cyclic esters (lactones) is 1. The fraction of sp³-hybridized carbons (Fsp3) is 0.550. The average molecular weight is 314 g/mol. The van der Waals surface area contributed by atoms with Crippen molar-refractivity contribution in [3.05, 3.63) is 48.0 Å². The number of rotatable bonds is 5. The zero-order chi connectivity index (χ0) is 16.2. The largest absolute Gasteiger partial charge is 0.456 e. The summed E-state index contributed by atoms with van der Waals surface area (Å²) < 4.78 is 11.9. The van der Waals surface area contributed by atoms with Crippen molar-refractivity contribution in [3.8, 4) is 0 Å². The van der Waals surface area contributed by atoms with Crippen LogP contribution in [0.1, 0.15) is 44.6 Å². The first-order chi connectivity index (χ1) is 11.2. The van der Waals surface area contributed by atoms with Crippen molar-refractivity contribution in [2.45, 2.75) is 57.8 Å². The molecule has 2 fully saturated rings. The van der Waals surface area contributed by atoms with E-state index in [1.54, 1.807) is 0 Å². The summed E-state index contributed by atoms with van der Waals surface area (Å²) in [6.07, 6.45) is 5.88. The van der Waals surface area contributed by atoms with Gasteiger partial charge in [-0.05, 0) is 24.3 Å². The summed E-state index contributed by atoms with van der Waals surface area (Å²) >= 11 is 0. The lowest BCUT2D eigenvalue weighted by molar-refractivity contribution is -0.152. The van der Waals surface area contributed by atoms with E-state index < -0.39 is 0 Å².